The molecule has 0 aliphatic carbocycles. The minimum Gasteiger partial charge on any atom is -0.368 e. The van der Waals surface area contributed by atoms with Crippen LogP contribution in [0.25, 0.3) is 0 Å². The van der Waals surface area contributed by atoms with Crippen molar-refractivity contribution >= 4 is 21.6 Å². The molecule has 0 saturated carbocycles. The van der Waals surface area contributed by atoms with Gasteiger partial charge in [-0.1, -0.05) is 0 Å². The van der Waals surface area contributed by atoms with Gasteiger partial charge in [-0.05, 0) is 60.9 Å². The van der Waals surface area contributed by atoms with Gasteiger partial charge in [0, 0.05) is 23.1 Å². The highest BCUT2D eigenvalue weighted by Crippen LogP contribution is 2.31. The van der Waals surface area contributed by atoms with Gasteiger partial charge in [0.15, 0.2) is 0 Å². The van der Waals surface area contributed by atoms with Crippen molar-refractivity contribution in [1.29, 1.82) is 0 Å². The zero-order chi connectivity index (χ0) is 12.4. The van der Waals surface area contributed by atoms with Crippen LogP contribution in [-0.2, 0) is 0 Å². The standard InChI is InChI=1S/C13H18BrFN2/c1-9-7-11(16-2)5-6-17(9)13-4-3-10(15)8-12(13)14/h3-4,8-9,11,16H,5-7H2,1-2H3. The van der Waals surface area contributed by atoms with Crippen molar-refractivity contribution in [2.24, 2.45) is 0 Å². The van der Waals surface area contributed by atoms with Gasteiger partial charge in [-0.25, -0.2) is 4.39 Å². The summed E-state index contributed by atoms with van der Waals surface area (Å²) in [6.45, 7) is 3.23. The van der Waals surface area contributed by atoms with Crippen molar-refractivity contribution in [3.8, 4) is 0 Å². The van der Waals surface area contributed by atoms with Gasteiger partial charge in [-0.3, -0.25) is 0 Å². The van der Waals surface area contributed by atoms with Crippen LogP contribution in [0.5, 0.6) is 0 Å². The van der Waals surface area contributed by atoms with Crippen LogP contribution in [0, 0.1) is 5.82 Å². The van der Waals surface area contributed by atoms with Crippen LogP contribution >= 0.6 is 15.9 Å². The molecule has 2 rings (SSSR count). The van der Waals surface area contributed by atoms with E-state index in [-0.39, 0.29) is 5.82 Å². The predicted octanol–water partition coefficient (Wildman–Crippen LogP) is 3.16. The van der Waals surface area contributed by atoms with Gasteiger partial charge in [-0.2, -0.15) is 0 Å². The normalized spacial score (nSPS) is 25.1. The highest BCUT2D eigenvalue weighted by atomic mass is 79.9. The first kappa shape index (κ1) is 12.8. The second-order valence-electron chi connectivity index (χ2n) is 4.65. The topological polar surface area (TPSA) is 15.3 Å². The van der Waals surface area contributed by atoms with Crippen molar-refractivity contribution in [2.75, 3.05) is 18.5 Å². The Bertz CT molecular complexity index is 397. The predicted molar refractivity (Wildman–Crippen MR) is 73.0 cm³/mol. The maximum atomic E-state index is 13.1. The molecular weight excluding hydrogens is 283 g/mol. The SMILES string of the molecule is CNC1CCN(c2ccc(F)cc2Br)C(C)C1. The molecule has 2 unspecified atom stereocenters. The molecular formula is C13H18BrFN2. The number of hydrogen-bond donors (Lipinski definition) is 1. The van der Waals surface area contributed by atoms with Gasteiger partial charge in [0.1, 0.15) is 5.82 Å². The van der Waals surface area contributed by atoms with Gasteiger partial charge in [0.25, 0.3) is 0 Å². The molecule has 4 heteroatoms. The molecule has 0 aromatic heterocycles. The maximum absolute atomic E-state index is 13.1. The summed E-state index contributed by atoms with van der Waals surface area (Å²) >= 11 is 3.45. The average molecular weight is 301 g/mol. The average Bonchev–Trinajstić information content (AvgIpc) is 2.30. The van der Waals surface area contributed by atoms with Crippen LogP contribution in [0.4, 0.5) is 10.1 Å². The van der Waals surface area contributed by atoms with E-state index in [2.05, 4.69) is 33.1 Å². The van der Waals surface area contributed by atoms with E-state index in [0.29, 0.717) is 12.1 Å². The molecule has 1 aromatic rings. The molecule has 0 radical (unpaired) electrons. The summed E-state index contributed by atoms with van der Waals surface area (Å²) in [4.78, 5) is 2.34. The Labute approximate surface area is 110 Å². The molecule has 0 spiro atoms. The molecule has 94 valence electrons. The van der Waals surface area contributed by atoms with Gasteiger partial charge >= 0.3 is 0 Å². The molecule has 1 N–H and O–H groups in total. The number of rotatable bonds is 2. The Morgan fingerprint density at radius 3 is 2.82 bits per heavy atom. The molecule has 1 aliphatic heterocycles. The third-order valence-corrected chi connectivity index (χ3v) is 4.14. The molecule has 0 bridgehead atoms. The molecule has 1 aromatic carbocycles. The Morgan fingerprint density at radius 2 is 2.24 bits per heavy atom. The highest BCUT2D eigenvalue weighted by molar-refractivity contribution is 9.10. The molecule has 1 saturated heterocycles. The first-order valence-corrected chi connectivity index (χ1v) is 6.80. The summed E-state index contributed by atoms with van der Waals surface area (Å²) in [5, 5.41) is 3.33. The third-order valence-electron chi connectivity index (χ3n) is 3.50. The minimum atomic E-state index is -0.196. The second kappa shape index (κ2) is 5.36. The van der Waals surface area contributed by atoms with E-state index in [1.54, 1.807) is 0 Å². The van der Waals surface area contributed by atoms with E-state index >= 15 is 0 Å². The van der Waals surface area contributed by atoms with Crippen LogP contribution in [-0.4, -0.2) is 25.7 Å². The molecule has 1 aliphatic rings. The fourth-order valence-electron chi connectivity index (χ4n) is 2.51. The summed E-state index contributed by atoms with van der Waals surface area (Å²) in [7, 11) is 2.01. The fourth-order valence-corrected chi connectivity index (χ4v) is 3.09. The van der Waals surface area contributed by atoms with Crippen molar-refractivity contribution in [1.82, 2.24) is 5.32 Å². The number of anilines is 1. The maximum Gasteiger partial charge on any atom is 0.124 e. The number of piperidine rings is 1. The van der Waals surface area contributed by atoms with Gasteiger partial charge in [0.2, 0.25) is 0 Å². The molecule has 2 atom stereocenters. The highest BCUT2D eigenvalue weighted by Gasteiger charge is 2.25. The summed E-state index contributed by atoms with van der Waals surface area (Å²) in [5.74, 6) is -0.196. The first-order chi connectivity index (χ1) is 8.11. The van der Waals surface area contributed by atoms with E-state index in [1.807, 2.05) is 13.1 Å². The molecule has 0 amide bonds. The van der Waals surface area contributed by atoms with Gasteiger partial charge in [-0.15, -0.1) is 0 Å². The number of hydrogen-bond acceptors (Lipinski definition) is 2. The second-order valence-corrected chi connectivity index (χ2v) is 5.50. The van der Waals surface area contributed by atoms with Crippen LogP contribution in [0.2, 0.25) is 0 Å². The number of benzene rings is 1. The lowest BCUT2D eigenvalue weighted by Gasteiger charge is -2.39. The molecule has 17 heavy (non-hydrogen) atoms. The van der Waals surface area contributed by atoms with E-state index in [0.717, 1.165) is 29.5 Å². The molecule has 1 fully saturated rings. The Kier molecular flexibility index (Phi) is 4.05. The van der Waals surface area contributed by atoms with Crippen molar-refractivity contribution in [3.63, 3.8) is 0 Å². The summed E-state index contributed by atoms with van der Waals surface area (Å²) in [6, 6.07) is 5.99. The number of nitrogens with one attached hydrogen (secondary N) is 1. The third kappa shape index (κ3) is 2.80. The van der Waals surface area contributed by atoms with E-state index in [4.69, 9.17) is 0 Å². The summed E-state index contributed by atoms with van der Waals surface area (Å²) < 4.78 is 13.9. The first-order valence-electron chi connectivity index (χ1n) is 6.00. The zero-order valence-electron chi connectivity index (χ0n) is 10.2. The van der Waals surface area contributed by atoms with Crippen LogP contribution in [0.1, 0.15) is 19.8 Å². The van der Waals surface area contributed by atoms with Crippen molar-refractivity contribution in [3.05, 3.63) is 28.5 Å². The van der Waals surface area contributed by atoms with Crippen LogP contribution in [0.15, 0.2) is 22.7 Å². The summed E-state index contributed by atoms with van der Waals surface area (Å²) in [6.07, 6.45) is 2.25. The largest absolute Gasteiger partial charge is 0.368 e. The van der Waals surface area contributed by atoms with Crippen LogP contribution in [0.3, 0.4) is 0 Å². The Hall–Kier alpha value is -0.610. The van der Waals surface area contributed by atoms with E-state index in [1.165, 1.54) is 12.1 Å². The van der Waals surface area contributed by atoms with Gasteiger partial charge < -0.3 is 10.2 Å². The monoisotopic (exact) mass is 300 g/mol. The molecule has 2 nitrogen and oxygen atoms in total. The fraction of sp³-hybridized carbons (Fsp3) is 0.538. The molecule has 1 heterocycles. The van der Waals surface area contributed by atoms with Crippen molar-refractivity contribution < 1.29 is 4.39 Å². The number of halogens is 2. The Balaban J connectivity index is 2.17. The minimum absolute atomic E-state index is 0.196. The van der Waals surface area contributed by atoms with E-state index in [9.17, 15) is 4.39 Å². The number of nitrogens with zero attached hydrogens (tertiary/aromatic N) is 1. The lowest BCUT2D eigenvalue weighted by atomic mass is 9.98. The van der Waals surface area contributed by atoms with E-state index < -0.39 is 0 Å². The summed E-state index contributed by atoms with van der Waals surface area (Å²) in [5.41, 5.74) is 1.09. The lowest BCUT2D eigenvalue weighted by Crippen LogP contribution is -2.46. The zero-order valence-corrected chi connectivity index (χ0v) is 11.8. The Morgan fingerprint density at radius 1 is 1.47 bits per heavy atom. The lowest BCUT2D eigenvalue weighted by molar-refractivity contribution is 0.386. The quantitative estimate of drug-likeness (QED) is 0.902. The smallest absolute Gasteiger partial charge is 0.124 e. The van der Waals surface area contributed by atoms with Gasteiger partial charge in [0.05, 0.1) is 5.69 Å². The van der Waals surface area contributed by atoms with Crippen molar-refractivity contribution in [2.45, 2.75) is 31.8 Å². The van der Waals surface area contributed by atoms with Crippen LogP contribution < -0.4 is 10.2 Å².